The van der Waals surface area contributed by atoms with Gasteiger partial charge in [0, 0.05) is 11.5 Å². The van der Waals surface area contributed by atoms with Crippen molar-refractivity contribution in [1.82, 2.24) is 9.79 Å². The summed E-state index contributed by atoms with van der Waals surface area (Å²) in [6.07, 6.45) is 0. The van der Waals surface area contributed by atoms with E-state index in [1.807, 2.05) is 0 Å². The van der Waals surface area contributed by atoms with Crippen LogP contribution in [0.3, 0.4) is 0 Å². The van der Waals surface area contributed by atoms with Crippen molar-refractivity contribution in [1.29, 1.82) is 0 Å². The summed E-state index contributed by atoms with van der Waals surface area (Å²) < 4.78 is 27.9. The van der Waals surface area contributed by atoms with E-state index in [4.69, 9.17) is 4.84 Å². The number of nitrogens with one attached hydrogen (secondary N) is 1. The van der Waals surface area contributed by atoms with Crippen molar-refractivity contribution in [2.24, 2.45) is 5.92 Å². The Balaban J connectivity index is 3.03. The van der Waals surface area contributed by atoms with Crippen LogP contribution in [0.1, 0.15) is 13.8 Å². The van der Waals surface area contributed by atoms with E-state index in [0.717, 1.165) is 9.54 Å². The van der Waals surface area contributed by atoms with Crippen molar-refractivity contribution in [2.75, 3.05) is 14.2 Å². The van der Waals surface area contributed by atoms with Gasteiger partial charge in [-0.05, 0) is 30.2 Å². The molecule has 1 amide bonds. The largest absolute Gasteiger partial charge is 0.275 e. The fraction of sp³-hybridized carbons (Fsp3) is 0.462. The van der Waals surface area contributed by atoms with Crippen LogP contribution in [0.4, 0.5) is 0 Å². The molecule has 1 aromatic rings. The number of carbonyl (C=O) groups is 1. The van der Waals surface area contributed by atoms with Gasteiger partial charge in [-0.1, -0.05) is 29.8 Å². The Morgan fingerprint density at radius 1 is 1.29 bits per heavy atom. The normalized spacial score (nSPS) is 13.2. The summed E-state index contributed by atoms with van der Waals surface area (Å²) in [5.74, 6) is -0.673. The van der Waals surface area contributed by atoms with E-state index in [0.29, 0.717) is 0 Å². The lowest BCUT2D eigenvalue weighted by Crippen LogP contribution is -2.49. The van der Waals surface area contributed by atoms with E-state index >= 15 is 0 Å². The molecule has 21 heavy (non-hydrogen) atoms. The Kier molecular flexibility index (Phi) is 6.33. The first-order valence-electron chi connectivity index (χ1n) is 6.28. The van der Waals surface area contributed by atoms with Crippen LogP contribution in [-0.4, -0.2) is 39.6 Å². The van der Waals surface area contributed by atoms with Gasteiger partial charge in [-0.2, -0.15) is 4.72 Å². The Hall–Kier alpha value is -0.960. The van der Waals surface area contributed by atoms with Crippen molar-refractivity contribution in [3.63, 3.8) is 0 Å². The van der Waals surface area contributed by atoms with Gasteiger partial charge in [-0.15, -0.1) is 0 Å². The SMILES string of the molecule is CON(C)C(=O)[C@@H](NS(=O)(=O)c1ccc(Br)cc1)C(C)C. The zero-order chi connectivity index (χ0) is 16.2. The minimum absolute atomic E-state index is 0.101. The monoisotopic (exact) mass is 378 g/mol. The number of nitrogens with zero attached hydrogens (tertiary/aromatic N) is 1. The van der Waals surface area contributed by atoms with Crippen molar-refractivity contribution in [3.8, 4) is 0 Å². The number of rotatable bonds is 6. The second kappa shape index (κ2) is 7.35. The van der Waals surface area contributed by atoms with Gasteiger partial charge in [0.2, 0.25) is 10.0 Å². The van der Waals surface area contributed by atoms with Gasteiger partial charge < -0.3 is 0 Å². The van der Waals surface area contributed by atoms with Crippen LogP contribution < -0.4 is 4.72 Å². The van der Waals surface area contributed by atoms with Crippen LogP contribution in [0, 0.1) is 5.92 Å². The average Bonchev–Trinajstić information content (AvgIpc) is 2.43. The number of sulfonamides is 1. The van der Waals surface area contributed by atoms with Gasteiger partial charge in [-0.3, -0.25) is 9.63 Å². The minimum atomic E-state index is -3.78. The Bertz CT molecular complexity index is 587. The molecule has 0 aliphatic rings. The number of carbonyl (C=O) groups excluding carboxylic acids is 1. The molecule has 0 fully saturated rings. The molecule has 0 saturated carbocycles. The van der Waals surface area contributed by atoms with Gasteiger partial charge in [0.05, 0.1) is 12.0 Å². The highest BCUT2D eigenvalue weighted by molar-refractivity contribution is 9.10. The maximum Gasteiger partial charge on any atom is 0.264 e. The number of halogens is 1. The lowest BCUT2D eigenvalue weighted by atomic mass is 10.1. The number of hydroxylamine groups is 2. The Morgan fingerprint density at radius 2 is 1.81 bits per heavy atom. The number of hydrogen-bond donors (Lipinski definition) is 1. The number of amides is 1. The first-order chi connectivity index (χ1) is 9.69. The number of benzene rings is 1. The second-order valence-electron chi connectivity index (χ2n) is 4.82. The molecule has 0 radical (unpaired) electrons. The third-order valence-electron chi connectivity index (χ3n) is 2.92. The fourth-order valence-corrected chi connectivity index (χ4v) is 3.21. The van der Waals surface area contributed by atoms with E-state index in [1.165, 1.54) is 26.3 Å². The van der Waals surface area contributed by atoms with Gasteiger partial charge in [0.1, 0.15) is 6.04 Å². The number of likely N-dealkylation sites (N-methyl/N-ethyl adjacent to an activating group) is 1. The van der Waals surface area contributed by atoms with Crippen LogP contribution in [0.2, 0.25) is 0 Å². The summed E-state index contributed by atoms with van der Waals surface area (Å²) >= 11 is 3.25. The molecule has 0 aromatic heterocycles. The summed E-state index contributed by atoms with van der Waals surface area (Å²) in [5, 5.41) is 1.01. The molecule has 0 aliphatic heterocycles. The maximum atomic E-state index is 12.3. The molecule has 6 nitrogen and oxygen atoms in total. The molecule has 0 aliphatic carbocycles. The second-order valence-corrected chi connectivity index (χ2v) is 7.44. The lowest BCUT2D eigenvalue weighted by Gasteiger charge is -2.25. The molecule has 0 heterocycles. The lowest BCUT2D eigenvalue weighted by molar-refractivity contribution is -0.171. The summed E-state index contributed by atoms with van der Waals surface area (Å²) in [4.78, 5) is 17.1. The molecule has 8 heteroatoms. The molecule has 118 valence electrons. The molecular weight excluding hydrogens is 360 g/mol. The summed E-state index contributed by atoms with van der Waals surface area (Å²) in [6, 6.07) is 5.29. The molecular formula is C13H19BrN2O4S. The van der Waals surface area contributed by atoms with Gasteiger partial charge >= 0.3 is 0 Å². The van der Waals surface area contributed by atoms with Crippen LogP contribution in [0.5, 0.6) is 0 Å². The van der Waals surface area contributed by atoms with Gasteiger partial charge in [-0.25, -0.2) is 13.5 Å². The maximum absolute atomic E-state index is 12.3. The first-order valence-corrected chi connectivity index (χ1v) is 8.56. The van der Waals surface area contributed by atoms with Gasteiger partial charge in [0.25, 0.3) is 5.91 Å². The highest BCUT2D eigenvalue weighted by Gasteiger charge is 2.30. The van der Waals surface area contributed by atoms with E-state index in [1.54, 1.807) is 26.0 Å². The summed E-state index contributed by atoms with van der Waals surface area (Å²) in [6.45, 7) is 3.52. The standard InChI is InChI=1S/C13H19BrN2O4S/c1-9(2)12(13(17)16(3)20-4)15-21(18,19)11-7-5-10(14)6-8-11/h5-9,12,15H,1-4H3/t12-/m0/s1. The van der Waals surface area contributed by atoms with Crippen molar-refractivity contribution in [3.05, 3.63) is 28.7 Å². The van der Waals surface area contributed by atoms with Crippen LogP contribution in [0.25, 0.3) is 0 Å². The van der Waals surface area contributed by atoms with E-state index < -0.39 is 22.0 Å². The highest BCUT2D eigenvalue weighted by Crippen LogP contribution is 2.16. The molecule has 0 unspecified atom stereocenters. The zero-order valence-electron chi connectivity index (χ0n) is 12.3. The predicted octanol–water partition coefficient (Wildman–Crippen LogP) is 1.77. The van der Waals surface area contributed by atoms with Crippen molar-refractivity contribution < 1.29 is 18.0 Å². The Labute approximate surface area is 133 Å². The van der Waals surface area contributed by atoms with Crippen LogP contribution in [-0.2, 0) is 19.7 Å². The molecule has 1 N–H and O–H groups in total. The van der Waals surface area contributed by atoms with Crippen molar-refractivity contribution >= 4 is 31.9 Å². The third kappa shape index (κ3) is 4.77. The van der Waals surface area contributed by atoms with E-state index in [9.17, 15) is 13.2 Å². The average molecular weight is 379 g/mol. The topological polar surface area (TPSA) is 75.7 Å². The van der Waals surface area contributed by atoms with Gasteiger partial charge in [0.15, 0.2) is 0 Å². The Morgan fingerprint density at radius 3 is 2.24 bits per heavy atom. The van der Waals surface area contributed by atoms with Crippen LogP contribution >= 0.6 is 15.9 Å². The molecule has 0 spiro atoms. The molecule has 1 rings (SSSR count). The highest BCUT2D eigenvalue weighted by atomic mass is 79.9. The molecule has 0 bridgehead atoms. The first kappa shape index (κ1) is 18.1. The molecule has 1 aromatic carbocycles. The summed E-state index contributed by atoms with van der Waals surface area (Å²) in [7, 11) is -1.00. The van der Waals surface area contributed by atoms with E-state index in [-0.39, 0.29) is 10.8 Å². The minimum Gasteiger partial charge on any atom is -0.275 e. The number of hydrogen-bond acceptors (Lipinski definition) is 4. The van der Waals surface area contributed by atoms with Crippen LogP contribution in [0.15, 0.2) is 33.6 Å². The quantitative estimate of drug-likeness (QED) is 0.765. The molecule has 0 saturated heterocycles. The smallest absolute Gasteiger partial charge is 0.264 e. The van der Waals surface area contributed by atoms with Crippen molar-refractivity contribution in [2.45, 2.75) is 24.8 Å². The summed E-state index contributed by atoms with van der Waals surface area (Å²) in [5.41, 5.74) is 0. The predicted molar refractivity (Wildman–Crippen MR) is 82.9 cm³/mol. The third-order valence-corrected chi connectivity index (χ3v) is 4.91. The van der Waals surface area contributed by atoms with E-state index in [2.05, 4.69) is 20.7 Å². The fourth-order valence-electron chi connectivity index (χ4n) is 1.61. The molecule has 1 atom stereocenters. The zero-order valence-corrected chi connectivity index (χ0v) is 14.7.